The molecule has 7 heteroatoms. The second-order valence-corrected chi connectivity index (χ2v) is 5.06. The number of unbranched alkanes of at least 4 members (excludes halogenated alkanes) is 1. The second-order valence-electron chi connectivity index (χ2n) is 5.06. The quantitative estimate of drug-likeness (QED) is 0.684. The number of ether oxygens (including phenoxy) is 1. The van der Waals surface area contributed by atoms with Crippen molar-refractivity contribution in [1.82, 2.24) is 20.1 Å². The summed E-state index contributed by atoms with van der Waals surface area (Å²) >= 11 is 0. The van der Waals surface area contributed by atoms with Crippen LogP contribution in [0.3, 0.4) is 0 Å². The number of nitriles is 1. The van der Waals surface area contributed by atoms with Gasteiger partial charge in [0.05, 0.1) is 0 Å². The van der Waals surface area contributed by atoms with Crippen LogP contribution in [-0.2, 0) is 6.42 Å². The van der Waals surface area contributed by atoms with E-state index in [1.807, 2.05) is 18.2 Å². The molecule has 3 rings (SSSR count). The van der Waals surface area contributed by atoms with Gasteiger partial charge in [-0.05, 0) is 30.7 Å². The number of aryl methyl sites for hydroxylation is 1. The van der Waals surface area contributed by atoms with Crippen LogP contribution in [0, 0.1) is 11.3 Å². The standard InChI is InChI=1S/C17H15N5O2/c1-2-3-4-15-21-16(22-24-15)12-5-7-13(8-6-12)23-17-14(11-18)19-9-10-20-17/h5-10H,2-4H2,1H3. The summed E-state index contributed by atoms with van der Waals surface area (Å²) in [6, 6.07) is 9.11. The molecular weight excluding hydrogens is 306 g/mol. The average molecular weight is 321 g/mol. The molecule has 0 atom stereocenters. The van der Waals surface area contributed by atoms with Crippen molar-refractivity contribution >= 4 is 0 Å². The van der Waals surface area contributed by atoms with Gasteiger partial charge in [0.15, 0.2) is 0 Å². The van der Waals surface area contributed by atoms with Crippen LogP contribution in [0.4, 0.5) is 0 Å². The van der Waals surface area contributed by atoms with E-state index in [1.54, 1.807) is 12.1 Å². The Bertz CT molecular complexity index is 852. The van der Waals surface area contributed by atoms with E-state index in [-0.39, 0.29) is 11.6 Å². The first-order chi connectivity index (χ1) is 11.8. The summed E-state index contributed by atoms with van der Waals surface area (Å²) in [5.41, 5.74) is 0.966. The fourth-order valence-electron chi connectivity index (χ4n) is 2.06. The van der Waals surface area contributed by atoms with Gasteiger partial charge < -0.3 is 9.26 Å². The van der Waals surface area contributed by atoms with E-state index >= 15 is 0 Å². The van der Waals surface area contributed by atoms with E-state index in [0.717, 1.165) is 24.8 Å². The molecule has 0 aliphatic heterocycles. The van der Waals surface area contributed by atoms with Gasteiger partial charge in [-0.1, -0.05) is 18.5 Å². The summed E-state index contributed by atoms with van der Waals surface area (Å²) in [4.78, 5) is 12.3. The molecule has 0 bridgehead atoms. The van der Waals surface area contributed by atoms with Gasteiger partial charge in [0.1, 0.15) is 11.8 Å². The molecule has 3 aromatic rings. The molecule has 0 amide bonds. The molecule has 0 saturated heterocycles. The highest BCUT2D eigenvalue weighted by Crippen LogP contribution is 2.24. The van der Waals surface area contributed by atoms with E-state index in [9.17, 15) is 0 Å². The van der Waals surface area contributed by atoms with Crippen LogP contribution in [0.25, 0.3) is 11.4 Å². The van der Waals surface area contributed by atoms with Crippen LogP contribution in [-0.4, -0.2) is 20.1 Å². The molecule has 0 radical (unpaired) electrons. The van der Waals surface area contributed by atoms with Crippen molar-refractivity contribution in [3.63, 3.8) is 0 Å². The Kier molecular flexibility index (Phi) is 4.77. The number of aromatic nitrogens is 4. The van der Waals surface area contributed by atoms with Crippen molar-refractivity contribution in [2.45, 2.75) is 26.2 Å². The summed E-state index contributed by atoms with van der Waals surface area (Å²) in [6.07, 6.45) is 5.81. The van der Waals surface area contributed by atoms with Crippen molar-refractivity contribution in [1.29, 1.82) is 5.26 Å². The highest BCUT2D eigenvalue weighted by atomic mass is 16.5. The minimum absolute atomic E-state index is 0.139. The lowest BCUT2D eigenvalue weighted by Gasteiger charge is -2.05. The van der Waals surface area contributed by atoms with E-state index in [4.69, 9.17) is 14.5 Å². The first-order valence-corrected chi connectivity index (χ1v) is 7.62. The minimum Gasteiger partial charge on any atom is -0.437 e. The zero-order valence-electron chi connectivity index (χ0n) is 13.1. The molecule has 0 fully saturated rings. The fourth-order valence-corrected chi connectivity index (χ4v) is 2.06. The molecule has 120 valence electrons. The predicted molar refractivity (Wildman–Crippen MR) is 85.2 cm³/mol. The van der Waals surface area contributed by atoms with Gasteiger partial charge in [0.2, 0.25) is 17.4 Å². The summed E-state index contributed by atoms with van der Waals surface area (Å²) in [6.45, 7) is 2.12. The molecule has 0 saturated carbocycles. The molecule has 24 heavy (non-hydrogen) atoms. The number of benzene rings is 1. The molecule has 0 aliphatic rings. The molecule has 1 aromatic carbocycles. The lowest BCUT2D eigenvalue weighted by atomic mass is 10.2. The number of hydrogen-bond acceptors (Lipinski definition) is 7. The Morgan fingerprint density at radius 2 is 1.96 bits per heavy atom. The molecule has 2 heterocycles. The monoisotopic (exact) mass is 321 g/mol. The number of hydrogen-bond donors (Lipinski definition) is 0. The largest absolute Gasteiger partial charge is 0.437 e. The van der Waals surface area contributed by atoms with Gasteiger partial charge in [-0.2, -0.15) is 10.2 Å². The Hall–Kier alpha value is -3.27. The lowest BCUT2D eigenvalue weighted by Crippen LogP contribution is -1.94. The smallest absolute Gasteiger partial charge is 0.256 e. The summed E-state index contributed by atoms with van der Waals surface area (Å²) in [5, 5.41) is 13.0. The predicted octanol–water partition coefficient (Wildman–Crippen LogP) is 3.53. The Morgan fingerprint density at radius 1 is 1.17 bits per heavy atom. The maximum Gasteiger partial charge on any atom is 0.256 e. The van der Waals surface area contributed by atoms with Crippen LogP contribution in [0.5, 0.6) is 11.6 Å². The van der Waals surface area contributed by atoms with E-state index < -0.39 is 0 Å². The molecule has 0 N–H and O–H groups in total. The molecule has 7 nitrogen and oxygen atoms in total. The van der Waals surface area contributed by atoms with Crippen LogP contribution in [0.2, 0.25) is 0 Å². The highest BCUT2D eigenvalue weighted by molar-refractivity contribution is 5.55. The van der Waals surface area contributed by atoms with Crippen LogP contribution < -0.4 is 4.74 Å². The van der Waals surface area contributed by atoms with Gasteiger partial charge in [-0.3, -0.25) is 0 Å². The van der Waals surface area contributed by atoms with Crippen LogP contribution >= 0.6 is 0 Å². The third kappa shape index (κ3) is 3.55. The first-order valence-electron chi connectivity index (χ1n) is 7.62. The third-order valence-electron chi connectivity index (χ3n) is 3.31. The average Bonchev–Trinajstić information content (AvgIpc) is 3.10. The van der Waals surface area contributed by atoms with Gasteiger partial charge in [0, 0.05) is 24.4 Å². The van der Waals surface area contributed by atoms with Crippen molar-refractivity contribution < 1.29 is 9.26 Å². The summed E-state index contributed by atoms with van der Waals surface area (Å²) in [7, 11) is 0. The third-order valence-corrected chi connectivity index (χ3v) is 3.31. The maximum atomic E-state index is 8.99. The molecule has 2 aromatic heterocycles. The van der Waals surface area contributed by atoms with Crippen molar-refractivity contribution in [3.8, 4) is 29.1 Å². The van der Waals surface area contributed by atoms with Gasteiger partial charge >= 0.3 is 0 Å². The van der Waals surface area contributed by atoms with Crippen molar-refractivity contribution in [3.05, 3.63) is 48.2 Å². The minimum atomic E-state index is 0.139. The first kappa shape index (κ1) is 15.6. The molecule has 0 unspecified atom stereocenters. The normalized spacial score (nSPS) is 10.3. The zero-order valence-corrected chi connectivity index (χ0v) is 13.1. The summed E-state index contributed by atoms with van der Waals surface area (Å²) in [5.74, 6) is 1.91. The maximum absolute atomic E-state index is 8.99. The van der Waals surface area contributed by atoms with E-state index in [2.05, 4.69) is 27.0 Å². The Labute approximate surface area is 139 Å². The van der Waals surface area contributed by atoms with E-state index in [1.165, 1.54) is 12.4 Å². The SMILES string of the molecule is CCCCc1nc(-c2ccc(Oc3nccnc3C#N)cc2)no1. The van der Waals surface area contributed by atoms with Gasteiger partial charge in [-0.15, -0.1) is 0 Å². The lowest BCUT2D eigenvalue weighted by molar-refractivity contribution is 0.375. The second kappa shape index (κ2) is 7.33. The highest BCUT2D eigenvalue weighted by Gasteiger charge is 2.10. The van der Waals surface area contributed by atoms with E-state index in [0.29, 0.717) is 17.5 Å². The van der Waals surface area contributed by atoms with Crippen LogP contribution in [0.1, 0.15) is 31.4 Å². The fraction of sp³-hybridized carbons (Fsp3) is 0.235. The zero-order chi connectivity index (χ0) is 16.8. The van der Waals surface area contributed by atoms with Crippen LogP contribution in [0.15, 0.2) is 41.2 Å². The Balaban J connectivity index is 1.74. The topological polar surface area (TPSA) is 97.7 Å². The molecular formula is C17H15N5O2. The van der Waals surface area contributed by atoms with Gasteiger partial charge in [0.25, 0.3) is 5.88 Å². The Morgan fingerprint density at radius 3 is 2.71 bits per heavy atom. The molecule has 0 aliphatic carbocycles. The van der Waals surface area contributed by atoms with Gasteiger partial charge in [-0.25, -0.2) is 9.97 Å². The summed E-state index contributed by atoms with van der Waals surface area (Å²) < 4.78 is 10.8. The molecule has 0 spiro atoms. The van der Waals surface area contributed by atoms with Crippen molar-refractivity contribution in [2.24, 2.45) is 0 Å². The van der Waals surface area contributed by atoms with Crippen molar-refractivity contribution in [2.75, 3.05) is 0 Å². The number of rotatable bonds is 6. The number of nitrogens with zero attached hydrogens (tertiary/aromatic N) is 5.